The Balaban J connectivity index is 0.00000768. The van der Waals surface area contributed by atoms with Gasteiger partial charge >= 0.3 is 6.09 Å². The van der Waals surface area contributed by atoms with Crippen LogP contribution in [0.1, 0.15) is 105 Å². The maximum Gasteiger partial charge on any atom is 0.417 e. The number of rotatable bonds is 21. The van der Waals surface area contributed by atoms with E-state index in [0.717, 1.165) is 28.9 Å². The Bertz CT molecular complexity index is 1350. The summed E-state index contributed by atoms with van der Waals surface area (Å²) < 4.78 is 24.5. The first-order chi connectivity index (χ1) is 22.5. The van der Waals surface area contributed by atoms with Crippen molar-refractivity contribution in [1.29, 1.82) is 0 Å². The summed E-state index contributed by atoms with van der Waals surface area (Å²) in [5, 5.41) is 0. The van der Waals surface area contributed by atoms with Gasteiger partial charge in [0.05, 0.1) is 32.9 Å². The van der Waals surface area contributed by atoms with Gasteiger partial charge in [0.15, 0.2) is 23.9 Å². The zero-order valence-corrected chi connectivity index (χ0v) is 30.8. The first-order valence-corrected chi connectivity index (χ1v) is 16.8. The first-order valence-electron chi connectivity index (χ1n) is 16.8. The van der Waals surface area contributed by atoms with Gasteiger partial charge in [0.2, 0.25) is 0 Å². The number of ether oxygens (including phenoxy) is 4. The number of aromatic nitrogens is 1. The van der Waals surface area contributed by atoms with Crippen LogP contribution in [0.3, 0.4) is 0 Å². The van der Waals surface area contributed by atoms with Gasteiger partial charge in [0.25, 0.3) is 5.91 Å². The summed E-state index contributed by atoms with van der Waals surface area (Å²) in [7, 11) is 4.97. The number of hydrogen-bond donors (Lipinski definition) is 0. The summed E-state index contributed by atoms with van der Waals surface area (Å²) in [4.78, 5) is 28.0. The number of imide groups is 1. The molecule has 0 aliphatic carbocycles. The molecule has 258 valence electrons. The maximum absolute atomic E-state index is 13.6. The molecule has 0 saturated heterocycles. The van der Waals surface area contributed by atoms with Crippen molar-refractivity contribution in [2.24, 2.45) is 7.05 Å². The van der Waals surface area contributed by atoms with Crippen LogP contribution in [0.15, 0.2) is 67.0 Å². The van der Waals surface area contributed by atoms with E-state index >= 15 is 0 Å². The number of amides is 2. The lowest BCUT2D eigenvalue weighted by molar-refractivity contribution is -0.672. The number of carbonyl (C=O) groups excluding carboxylic acids is 2. The van der Waals surface area contributed by atoms with Crippen LogP contribution in [0, 0.1) is 0 Å². The van der Waals surface area contributed by atoms with Gasteiger partial charge in [-0.05, 0) is 42.3 Å². The molecule has 0 saturated carbocycles. The fourth-order valence-electron chi connectivity index (χ4n) is 5.38. The van der Waals surface area contributed by atoms with Gasteiger partial charge in [-0.1, -0.05) is 95.8 Å². The molecule has 0 radical (unpaired) electrons. The third-order valence-corrected chi connectivity index (χ3v) is 7.99. The van der Waals surface area contributed by atoms with E-state index in [4.69, 9.17) is 18.9 Å². The number of carbonyl (C=O) groups is 2. The van der Waals surface area contributed by atoms with Crippen molar-refractivity contribution in [3.63, 3.8) is 0 Å². The van der Waals surface area contributed by atoms with E-state index < -0.39 is 12.0 Å². The quantitative estimate of drug-likeness (QED) is 0.0801. The summed E-state index contributed by atoms with van der Waals surface area (Å²) in [6.45, 7) is 2.89. The standard InChI is InChI=1S/C38H53N2O6.HI/c1-5-6-7-8-9-10-11-12-13-14-15-18-26-45-35-24-23-31(27-36(35)44-4)30-46-38(42)40(29-32-20-19-25-39(2)28-32)37(41)33-21-16-17-22-34(33)43-3;/h16-17,19-25,27-28H,5-15,18,26,29-30H2,1-4H3;1H/q+1;/p-1. The van der Waals surface area contributed by atoms with Crippen molar-refractivity contribution in [3.05, 3.63) is 83.7 Å². The summed E-state index contributed by atoms with van der Waals surface area (Å²) in [5.41, 5.74) is 1.78. The molecule has 9 heteroatoms. The van der Waals surface area contributed by atoms with E-state index in [2.05, 4.69) is 6.92 Å². The van der Waals surface area contributed by atoms with Crippen LogP contribution in [0.4, 0.5) is 4.79 Å². The number of para-hydroxylation sites is 1. The summed E-state index contributed by atoms with van der Waals surface area (Å²) in [6, 6.07) is 16.0. The van der Waals surface area contributed by atoms with Crippen LogP contribution in [-0.4, -0.2) is 37.7 Å². The van der Waals surface area contributed by atoms with Gasteiger partial charge in [-0.25, -0.2) is 14.3 Å². The maximum atomic E-state index is 13.6. The van der Waals surface area contributed by atoms with Gasteiger partial charge in [0.1, 0.15) is 19.4 Å². The van der Waals surface area contributed by atoms with Gasteiger partial charge in [-0.15, -0.1) is 0 Å². The molecule has 1 aromatic heterocycles. The monoisotopic (exact) mass is 760 g/mol. The number of pyridine rings is 1. The highest BCUT2D eigenvalue weighted by molar-refractivity contribution is 6.04. The molecule has 3 aromatic rings. The number of methoxy groups -OCH3 is 2. The zero-order chi connectivity index (χ0) is 33.0. The number of benzene rings is 2. The highest BCUT2D eigenvalue weighted by Crippen LogP contribution is 2.29. The third kappa shape index (κ3) is 14.1. The topological polar surface area (TPSA) is 78.2 Å². The minimum Gasteiger partial charge on any atom is -1.00 e. The molecule has 3 rings (SSSR count). The van der Waals surface area contributed by atoms with E-state index in [0.29, 0.717) is 23.9 Å². The van der Waals surface area contributed by atoms with Crippen LogP contribution in [0.2, 0.25) is 0 Å². The summed E-state index contributed by atoms with van der Waals surface area (Å²) in [6.07, 6.45) is 18.5. The molecule has 8 nitrogen and oxygen atoms in total. The second-order valence-corrected chi connectivity index (χ2v) is 11.7. The first kappa shape index (κ1) is 39.8. The minimum absolute atomic E-state index is 0. The van der Waals surface area contributed by atoms with Crippen molar-refractivity contribution in [1.82, 2.24) is 4.90 Å². The van der Waals surface area contributed by atoms with Crippen LogP contribution < -0.4 is 42.8 Å². The van der Waals surface area contributed by atoms with Crippen LogP contribution in [-0.2, 0) is 24.9 Å². The van der Waals surface area contributed by atoms with Gasteiger partial charge in [0, 0.05) is 11.6 Å². The normalized spacial score (nSPS) is 10.6. The fraction of sp³-hybridized carbons (Fsp3) is 0.500. The van der Waals surface area contributed by atoms with E-state index in [9.17, 15) is 9.59 Å². The Morgan fingerprint density at radius 2 is 1.36 bits per heavy atom. The molecule has 0 spiro atoms. The lowest BCUT2D eigenvalue weighted by Gasteiger charge is -2.21. The molecular weight excluding hydrogens is 707 g/mol. The zero-order valence-electron chi connectivity index (χ0n) is 28.7. The number of aryl methyl sites for hydroxylation is 1. The highest BCUT2D eigenvalue weighted by Gasteiger charge is 2.27. The van der Waals surface area contributed by atoms with Crippen molar-refractivity contribution in [3.8, 4) is 17.2 Å². The molecule has 1 heterocycles. The molecule has 47 heavy (non-hydrogen) atoms. The van der Waals surface area contributed by atoms with Crippen molar-refractivity contribution >= 4 is 12.0 Å². The minimum atomic E-state index is -0.756. The molecule has 2 amide bonds. The predicted molar refractivity (Wildman–Crippen MR) is 180 cm³/mol. The molecule has 0 bridgehead atoms. The number of hydrogen-bond acceptors (Lipinski definition) is 6. The number of nitrogens with zero attached hydrogens (tertiary/aromatic N) is 2. The van der Waals surface area contributed by atoms with Crippen LogP contribution >= 0.6 is 0 Å². The van der Waals surface area contributed by atoms with Gasteiger partial charge in [-0.2, -0.15) is 0 Å². The average Bonchev–Trinajstić information content (AvgIpc) is 3.08. The van der Waals surface area contributed by atoms with Crippen LogP contribution in [0.5, 0.6) is 17.2 Å². The third-order valence-electron chi connectivity index (χ3n) is 7.99. The smallest absolute Gasteiger partial charge is 0.417 e. The lowest BCUT2D eigenvalue weighted by atomic mass is 10.1. The fourth-order valence-corrected chi connectivity index (χ4v) is 5.38. The molecule has 0 aliphatic heterocycles. The number of unbranched alkanes of at least 4 members (excludes halogenated alkanes) is 11. The van der Waals surface area contributed by atoms with E-state index in [1.807, 2.05) is 48.3 Å². The molecule has 0 N–H and O–H groups in total. The van der Waals surface area contributed by atoms with Crippen molar-refractivity contribution < 1.29 is 57.1 Å². The molecule has 0 unspecified atom stereocenters. The number of halogens is 1. The summed E-state index contributed by atoms with van der Waals surface area (Å²) >= 11 is 0. The van der Waals surface area contributed by atoms with E-state index in [-0.39, 0.29) is 42.7 Å². The second kappa shape index (κ2) is 23.1. The highest BCUT2D eigenvalue weighted by atomic mass is 127. The van der Waals surface area contributed by atoms with Crippen LogP contribution in [0.25, 0.3) is 0 Å². The summed E-state index contributed by atoms with van der Waals surface area (Å²) in [5.74, 6) is 1.11. The Hall–Kier alpha value is -3.34. The van der Waals surface area contributed by atoms with Gasteiger partial charge in [-0.3, -0.25) is 4.79 Å². The molecule has 0 aliphatic rings. The second-order valence-electron chi connectivity index (χ2n) is 11.7. The Labute approximate surface area is 298 Å². The lowest BCUT2D eigenvalue weighted by Crippen LogP contribution is -3.00. The molecule has 2 aromatic carbocycles. The Morgan fingerprint density at radius 3 is 2.00 bits per heavy atom. The predicted octanol–water partition coefficient (Wildman–Crippen LogP) is 5.59. The van der Waals surface area contributed by atoms with E-state index in [1.54, 1.807) is 37.4 Å². The van der Waals surface area contributed by atoms with Crippen molar-refractivity contribution in [2.75, 3.05) is 20.8 Å². The molecule has 0 fully saturated rings. The molecule has 0 atom stereocenters. The largest absolute Gasteiger partial charge is 1.00 e. The van der Waals surface area contributed by atoms with Gasteiger partial charge < -0.3 is 42.9 Å². The molecular formula is C38H53IN2O6. The Kier molecular flexibility index (Phi) is 19.5. The Morgan fingerprint density at radius 1 is 0.723 bits per heavy atom. The average molecular weight is 761 g/mol. The SMILES string of the molecule is CCCCCCCCCCCCCCOc1ccc(COC(=O)N(Cc2ccc[n+](C)c2)C(=O)c2ccccc2OC)cc1OC.[I-]. The van der Waals surface area contributed by atoms with E-state index in [1.165, 1.54) is 71.3 Å². The van der Waals surface area contributed by atoms with Crippen molar-refractivity contribution in [2.45, 2.75) is 97.1 Å².